The Morgan fingerprint density at radius 1 is 1.24 bits per heavy atom. The number of anilines is 1. The Balaban J connectivity index is 2.44. The minimum Gasteiger partial charge on any atom is -0.494 e. The van der Waals surface area contributed by atoms with Gasteiger partial charge in [0.1, 0.15) is 5.75 Å². The predicted molar refractivity (Wildman–Crippen MR) is 75.0 cm³/mol. The molecule has 0 aliphatic heterocycles. The molecule has 2 heteroatoms. The lowest BCUT2D eigenvalue weighted by molar-refractivity contribution is 0.306. The normalized spacial score (nSPS) is 11.1. The molecular formula is C15H25NO. The monoisotopic (exact) mass is 236 g/mol. The molecule has 17 heavy (non-hydrogen) atoms. The number of ether oxygens (including phenoxy) is 1. The zero-order valence-electron chi connectivity index (χ0n) is 12.1. The van der Waals surface area contributed by atoms with Crippen LogP contribution in [0.5, 0.6) is 5.75 Å². The summed E-state index contributed by atoms with van der Waals surface area (Å²) in [7, 11) is 0. The molecular weight excluding hydrogens is 210 g/mol. The maximum absolute atomic E-state index is 7.07. The standard InChI is InChI=1S/C15H25NO/c1-4-7-8-12-17-15-11-9-10-14(13-15)16(5-2)6-3/h9-11,13H,4-8,12H2,1-3H3/i1D. The van der Waals surface area contributed by atoms with Crippen molar-refractivity contribution in [2.45, 2.75) is 40.0 Å². The third-order valence-corrected chi connectivity index (χ3v) is 2.86. The highest BCUT2D eigenvalue weighted by Crippen LogP contribution is 2.21. The van der Waals surface area contributed by atoms with Gasteiger partial charge in [-0.05, 0) is 32.4 Å². The fourth-order valence-corrected chi connectivity index (χ4v) is 1.83. The maximum Gasteiger partial charge on any atom is 0.121 e. The molecule has 0 aliphatic rings. The van der Waals surface area contributed by atoms with Crippen LogP contribution in [0, 0.1) is 0 Å². The first kappa shape index (κ1) is 12.3. The first-order chi connectivity index (χ1) is 8.81. The number of hydrogen-bond donors (Lipinski definition) is 0. The van der Waals surface area contributed by atoms with E-state index in [2.05, 4.69) is 30.9 Å². The van der Waals surface area contributed by atoms with Gasteiger partial charge < -0.3 is 9.64 Å². The molecule has 0 aromatic heterocycles. The molecule has 0 heterocycles. The average molecular weight is 236 g/mol. The molecule has 0 saturated heterocycles. The van der Waals surface area contributed by atoms with E-state index in [-0.39, 0.29) is 0 Å². The van der Waals surface area contributed by atoms with Crippen LogP contribution in [0.4, 0.5) is 5.69 Å². The summed E-state index contributed by atoms with van der Waals surface area (Å²) in [5, 5.41) is 0. The van der Waals surface area contributed by atoms with Crippen molar-refractivity contribution < 1.29 is 6.11 Å². The van der Waals surface area contributed by atoms with Crippen LogP contribution in [0.2, 0.25) is 0 Å². The van der Waals surface area contributed by atoms with Gasteiger partial charge in [-0.3, -0.25) is 0 Å². The lowest BCUT2D eigenvalue weighted by atomic mass is 10.2. The van der Waals surface area contributed by atoms with E-state index in [4.69, 9.17) is 6.11 Å². The Hall–Kier alpha value is -1.18. The van der Waals surface area contributed by atoms with Crippen LogP contribution in [0.15, 0.2) is 24.3 Å². The molecule has 0 amide bonds. The van der Waals surface area contributed by atoms with Crippen molar-refractivity contribution in [2.24, 2.45) is 0 Å². The molecule has 0 N–H and O–H groups in total. The second-order valence-corrected chi connectivity index (χ2v) is 4.08. The van der Waals surface area contributed by atoms with Crippen molar-refractivity contribution in [3.05, 3.63) is 24.3 Å². The summed E-state index contributed by atoms with van der Waals surface area (Å²) in [6, 6.07) is 8.29. The molecule has 0 fully saturated rings. The fourth-order valence-electron chi connectivity index (χ4n) is 1.83. The van der Waals surface area contributed by atoms with Gasteiger partial charge in [0.2, 0.25) is 0 Å². The molecule has 0 radical (unpaired) electrons. The molecule has 96 valence electrons. The molecule has 1 aromatic rings. The minimum absolute atomic E-state index is 0.525. The van der Waals surface area contributed by atoms with Gasteiger partial charge >= 0.3 is 0 Å². The third-order valence-electron chi connectivity index (χ3n) is 2.86. The molecule has 0 atom stereocenters. The molecule has 2 nitrogen and oxygen atoms in total. The van der Waals surface area contributed by atoms with Crippen LogP contribution in [0.1, 0.15) is 41.4 Å². The van der Waals surface area contributed by atoms with E-state index in [1.165, 1.54) is 5.69 Å². The van der Waals surface area contributed by atoms with Crippen molar-refractivity contribution >= 4 is 5.69 Å². The highest BCUT2D eigenvalue weighted by atomic mass is 16.5. The molecule has 0 unspecified atom stereocenters. The minimum atomic E-state index is 0.525. The average Bonchev–Trinajstić information content (AvgIpc) is 2.40. The summed E-state index contributed by atoms with van der Waals surface area (Å²) in [4.78, 5) is 2.31. The predicted octanol–water partition coefficient (Wildman–Crippen LogP) is 4.10. The van der Waals surface area contributed by atoms with Crippen LogP contribution in [-0.4, -0.2) is 19.7 Å². The Bertz CT molecular complexity index is 326. The smallest absolute Gasteiger partial charge is 0.121 e. The van der Waals surface area contributed by atoms with Crippen LogP contribution >= 0.6 is 0 Å². The summed E-state index contributed by atoms with van der Waals surface area (Å²) in [5.41, 5.74) is 1.23. The van der Waals surface area contributed by atoms with Gasteiger partial charge in [0.15, 0.2) is 0 Å². The zero-order chi connectivity index (χ0) is 13.2. The largest absolute Gasteiger partial charge is 0.494 e. The van der Waals surface area contributed by atoms with Gasteiger partial charge in [-0.1, -0.05) is 25.8 Å². The van der Waals surface area contributed by atoms with Crippen molar-refractivity contribution in [2.75, 3.05) is 24.6 Å². The Morgan fingerprint density at radius 2 is 2.06 bits per heavy atom. The third kappa shape index (κ3) is 4.68. The number of hydrogen-bond acceptors (Lipinski definition) is 2. The van der Waals surface area contributed by atoms with E-state index in [9.17, 15) is 0 Å². The van der Waals surface area contributed by atoms with Crippen LogP contribution in [0.25, 0.3) is 0 Å². The van der Waals surface area contributed by atoms with E-state index >= 15 is 0 Å². The van der Waals surface area contributed by atoms with Crippen molar-refractivity contribution in [1.29, 1.82) is 0 Å². The molecule has 1 rings (SSSR count). The van der Waals surface area contributed by atoms with Gasteiger partial charge in [-0.25, -0.2) is 0 Å². The second kappa shape index (κ2) is 7.99. The lowest BCUT2D eigenvalue weighted by Crippen LogP contribution is -2.21. The molecule has 0 aliphatic carbocycles. The molecule has 0 spiro atoms. The summed E-state index contributed by atoms with van der Waals surface area (Å²) in [5.74, 6) is 0.949. The van der Waals surface area contributed by atoms with Crippen LogP contribution < -0.4 is 9.64 Å². The molecule has 1 aromatic carbocycles. The summed E-state index contributed by atoms with van der Waals surface area (Å²) >= 11 is 0. The lowest BCUT2D eigenvalue weighted by Gasteiger charge is -2.21. The highest BCUT2D eigenvalue weighted by molar-refractivity contribution is 5.50. The SMILES string of the molecule is [2H]CCCCCOc1cccc(N(CC)CC)c1. The van der Waals surface area contributed by atoms with E-state index in [1.807, 2.05) is 12.1 Å². The Labute approximate surface area is 107 Å². The van der Waals surface area contributed by atoms with Gasteiger partial charge in [0.05, 0.1) is 6.61 Å². The Morgan fingerprint density at radius 3 is 2.76 bits per heavy atom. The van der Waals surface area contributed by atoms with Gasteiger partial charge in [-0.2, -0.15) is 0 Å². The molecule has 0 saturated carbocycles. The maximum atomic E-state index is 7.07. The van der Waals surface area contributed by atoms with E-state index in [0.29, 0.717) is 6.90 Å². The summed E-state index contributed by atoms with van der Waals surface area (Å²) in [6.07, 6.45) is 3.09. The van der Waals surface area contributed by atoms with E-state index in [0.717, 1.165) is 44.7 Å². The number of unbranched alkanes of at least 4 members (excludes halogenated alkanes) is 2. The quantitative estimate of drug-likeness (QED) is 0.630. The topological polar surface area (TPSA) is 12.5 Å². The van der Waals surface area contributed by atoms with Crippen molar-refractivity contribution in [3.63, 3.8) is 0 Å². The Kier molecular flexibility index (Phi) is 5.77. The van der Waals surface area contributed by atoms with Gasteiger partial charge in [0, 0.05) is 26.2 Å². The first-order valence-corrected chi connectivity index (χ1v) is 6.58. The second-order valence-electron chi connectivity index (χ2n) is 4.08. The van der Waals surface area contributed by atoms with E-state index in [1.54, 1.807) is 0 Å². The van der Waals surface area contributed by atoms with Crippen molar-refractivity contribution in [1.82, 2.24) is 0 Å². The van der Waals surface area contributed by atoms with Crippen molar-refractivity contribution in [3.8, 4) is 5.75 Å². The number of benzene rings is 1. The van der Waals surface area contributed by atoms with E-state index < -0.39 is 0 Å². The van der Waals surface area contributed by atoms with Gasteiger partial charge in [0.25, 0.3) is 0 Å². The van der Waals surface area contributed by atoms with Crippen LogP contribution in [0.3, 0.4) is 0 Å². The molecule has 0 bridgehead atoms. The summed E-state index contributed by atoms with van der Waals surface area (Å²) < 4.78 is 12.8. The highest BCUT2D eigenvalue weighted by Gasteiger charge is 2.02. The number of nitrogens with zero attached hydrogens (tertiary/aromatic N) is 1. The van der Waals surface area contributed by atoms with Gasteiger partial charge in [-0.15, -0.1) is 0 Å². The number of rotatable bonds is 8. The summed E-state index contributed by atoms with van der Waals surface area (Å²) in [6.45, 7) is 7.64. The van der Waals surface area contributed by atoms with Crippen LogP contribution in [-0.2, 0) is 0 Å². The first-order valence-electron chi connectivity index (χ1n) is 7.29. The fraction of sp³-hybridized carbons (Fsp3) is 0.600. The zero-order valence-corrected chi connectivity index (χ0v) is 11.1.